The molecular weight excluding hydrogens is 404 g/mol. The molecule has 2 rings (SSSR count). The quantitative estimate of drug-likeness (QED) is 0.351. The molecule has 0 aromatic heterocycles. The summed E-state index contributed by atoms with van der Waals surface area (Å²) >= 11 is 0. The minimum atomic E-state index is -2.95. The van der Waals surface area contributed by atoms with Crippen molar-refractivity contribution in [2.45, 2.75) is 71.4 Å². The van der Waals surface area contributed by atoms with Gasteiger partial charge in [0.05, 0.1) is 5.75 Å². The van der Waals surface area contributed by atoms with Gasteiger partial charge >= 0.3 is 6.09 Å². The number of carbonyl (C=O) groups is 1. The third-order valence-corrected chi connectivity index (χ3v) is 6.28. The van der Waals surface area contributed by atoms with Crippen LogP contribution in [0, 0.1) is 5.92 Å². The first-order valence-electron chi connectivity index (χ1n) is 11.2. The number of piperidine rings is 1. The third kappa shape index (κ3) is 9.10. The van der Waals surface area contributed by atoms with E-state index >= 15 is 0 Å². The number of ether oxygens (including phenoxy) is 1. The largest absolute Gasteiger partial charge is 0.444 e. The van der Waals surface area contributed by atoms with Crippen molar-refractivity contribution in [3.63, 3.8) is 0 Å². The number of hydrogen-bond donors (Lipinski definition) is 1. The normalized spacial score (nSPS) is 19.0. The van der Waals surface area contributed by atoms with Crippen LogP contribution in [0.4, 0.5) is 4.79 Å². The Kier molecular flexibility index (Phi) is 8.82. The van der Waals surface area contributed by atoms with E-state index in [1.165, 1.54) is 19.1 Å². The van der Waals surface area contributed by atoms with Crippen LogP contribution in [0.25, 0.3) is 0 Å². The number of likely N-dealkylation sites (tertiary alicyclic amines) is 1. The fourth-order valence-corrected chi connectivity index (χ4v) is 4.25. The Balaban J connectivity index is 1.93. The van der Waals surface area contributed by atoms with Gasteiger partial charge in [-0.3, -0.25) is 4.99 Å². The Labute approximate surface area is 182 Å². The predicted molar refractivity (Wildman–Crippen MR) is 121 cm³/mol. The molecule has 1 aliphatic carbocycles. The highest BCUT2D eigenvalue weighted by atomic mass is 32.2. The first-order chi connectivity index (χ1) is 14.0. The number of sulfone groups is 1. The lowest BCUT2D eigenvalue weighted by molar-refractivity contribution is 0.00928. The molecule has 1 heterocycles. The molecule has 2 aliphatic rings. The molecule has 30 heavy (non-hydrogen) atoms. The molecule has 0 spiro atoms. The summed E-state index contributed by atoms with van der Waals surface area (Å²) in [7, 11) is -2.95. The molecule has 1 saturated carbocycles. The molecule has 1 saturated heterocycles. The van der Waals surface area contributed by atoms with Crippen LogP contribution in [0.5, 0.6) is 0 Å². The first-order valence-corrected chi connectivity index (χ1v) is 13.2. The lowest BCUT2D eigenvalue weighted by atomic mass is 10.0. The Morgan fingerprint density at radius 1 is 1.20 bits per heavy atom. The summed E-state index contributed by atoms with van der Waals surface area (Å²) in [6.45, 7) is 11.4. The second-order valence-electron chi connectivity index (χ2n) is 9.51. The van der Waals surface area contributed by atoms with Crippen molar-refractivity contribution in [2.24, 2.45) is 10.9 Å². The van der Waals surface area contributed by atoms with Crippen molar-refractivity contribution in [2.75, 3.05) is 44.7 Å². The zero-order valence-electron chi connectivity index (χ0n) is 19.3. The van der Waals surface area contributed by atoms with E-state index in [9.17, 15) is 13.2 Å². The van der Waals surface area contributed by atoms with Crippen LogP contribution in [0.2, 0.25) is 0 Å². The summed E-state index contributed by atoms with van der Waals surface area (Å²) in [5.74, 6) is 1.60. The average molecular weight is 445 g/mol. The highest BCUT2D eigenvalue weighted by Crippen LogP contribution is 2.32. The number of guanidine groups is 1. The molecule has 1 amide bonds. The number of carbonyl (C=O) groups excluding carboxylic acids is 1. The van der Waals surface area contributed by atoms with Gasteiger partial charge < -0.3 is 19.9 Å². The molecule has 0 radical (unpaired) electrons. The fourth-order valence-electron chi connectivity index (χ4n) is 3.60. The minimum Gasteiger partial charge on any atom is -0.444 e. The Bertz CT molecular complexity index is 690. The number of nitrogens with one attached hydrogen (secondary N) is 1. The van der Waals surface area contributed by atoms with Crippen LogP contribution in [0.1, 0.15) is 59.8 Å². The van der Waals surface area contributed by atoms with E-state index in [4.69, 9.17) is 4.74 Å². The fraction of sp³-hybridized carbons (Fsp3) is 0.905. The number of nitrogens with zero attached hydrogens (tertiary/aromatic N) is 3. The van der Waals surface area contributed by atoms with Gasteiger partial charge in [-0.05, 0) is 65.7 Å². The maximum absolute atomic E-state index is 12.8. The molecule has 174 valence electrons. The van der Waals surface area contributed by atoms with Gasteiger partial charge in [-0.15, -0.1) is 0 Å². The SMILES string of the molecule is CCNC(=NCCCS(C)(=O)=O)N1CCC(N(CC2CC2)C(=O)OC(C)(C)C)CC1. The van der Waals surface area contributed by atoms with Crippen molar-refractivity contribution in [1.82, 2.24) is 15.1 Å². The van der Waals surface area contributed by atoms with E-state index in [0.717, 1.165) is 45.0 Å². The summed E-state index contributed by atoms with van der Waals surface area (Å²) in [5.41, 5.74) is -0.490. The van der Waals surface area contributed by atoms with E-state index in [2.05, 4.69) is 15.2 Å². The van der Waals surface area contributed by atoms with Gasteiger partial charge in [-0.2, -0.15) is 0 Å². The summed E-state index contributed by atoms with van der Waals surface area (Å²) in [4.78, 5) is 21.6. The second-order valence-corrected chi connectivity index (χ2v) is 11.8. The van der Waals surface area contributed by atoms with Crippen molar-refractivity contribution < 1.29 is 17.9 Å². The number of amides is 1. The van der Waals surface area contributed by atoms with Gasteiger partial charge in [0.15, 0.2) is 5.96 Å². The van der Waals surface area contributed by atoms with Crippen LogP contribution in [0.3, 0.4) is 0 Å². The van der Waals surface area contributed by atoms with Crippen LogP contribution < -0.4 is 5.32 Å². The molecule has 2 fully saturated rings. The average Bonchev–Trinajstić information content (AvgIpc) is 3.44. The smallest absolute Gasteiger partial charge is 0.410 e. The zero-order chi connectivity index (χ0) is 22.4. The van der Waals surface area contributed by atoms with Crippen molar-refractivity contribution >= 4 is 21.9 Å². The van der Waals surface area contributed by atoms with E-state index in [0.29, 0.717) is 18.9 Å². The molecule has 9 heteroatoms. The summed E-state index contributed by atoms with van der Waals surface area (Å²) in [5, 5.41) is 3.31. The second kappa shape index (κ2) is 10.7. The highest BCUT2D eigenvalue weighted by molar-refractivity contribution is 7.90. The van der Waals surface area contributed by atoms with E-state index in [1.807, 2.05) is 32.6 Å². The van der Waals surface area contributed by atoms with Gasteiger partial charge in [0.25, 0.3) is 0 Å². The van der Waals surface area contributed by atoms with E-state index in [-0.39, 0.29) is 17.9 Å². The molecule has 0 aromatic carbocycles. The number of rotatable bonds is 8. The summed E-state index contributed by atoms with van der Waals surface area (Å²) in [6, 6.07) is 0.185. The Hall–Kier alpha value is -1.51. The molecular formula is C21H40N4O4S. The van der Waals surface area contributed by atoms with Crippen LogP contribution in [0.15, 0.2) is 4.99 Å². The highest BCUT2D eigenvalue weighted by Gasteiger charge is 2.35. The minimum absolute atomic E-state index is 0.157. The lowest BCUT2D eigenvalue weighted by Crippen LogP contribution is -2.52. The van der Waals surface area contributed by atoms with Crippen molar-refractivity contribution in [1.29, 1.82) is 0 Å². The lowest BCUT2D eigenvalue weighted by Gasteiger charge is -2.40. The van der Waals surface area contributed by atoms with Gasteiger partial charge in [-0.1, -0.05) is 0 Å². The molecule has 8 nitrogen and oxygen atoms in total. The van der Waals surface area contributed by atoms with E-state index in [1.54, 1.807) is 0 Å². The maximum Gasteiger partial charge on any atom is 0.410 e. The standard InChI is InChI=1S/C21H40N4O4S/c1-6-22-19(23-12-7-15-30(5,27)28)24-13-10-18(11-14-24)25(16-17-8-9-17)20(26)29-21(2,3)4/h17-18H,6-16H2,1-5H3,(H,22,23). The molecule has 0 bridgehead atoms. The van der Waals surface area contributed by atoms with Crippen molar-refractivity contribution in [3.05, 3.63) is 0 Å². The zero-order valence-corrected chi connectivity index (χ0v) is 20.1. The molecule has 0 unspecified atom stereocenters. The van der Waals surface area contributed by atoms with Crippen LogP contribution in [-0.2, 0) is 14.6 Å². The van der Waals surface area contributed by atoms with Gasteiger partial charge in [0, 0.05) is 45.0 Å². The van der Waals surface area contributed by atoms with Gasteiger partial charge in [-0.25, -0.2) is 13.2 Å². The monoisotopic (exact) mass is 444 g/mol. The molecule has 0 aromatic rings. The Morgan fingerprint density at radius 2 is 1.83 bits per heavy atom. The van der Waals surface area contributed by atoms with Crippen molar-refractivity contribution in [3.8, 4) is 0 Å². The van der Waals surface area contributed by atoms with Gasteiger partial charge in [0.2, 0.25) is 0 Å². The van der Waals surface area contributed by atoms with Crippen LogP contribution in [-0.4, -0.2) is 86.6 Å². The molecule has 1 aliphatic heterocycles. The first kappa shape index (κ1) is 24.8. The summed E-state index contributed by atoms with van der Waals surface area (Å²) < 4.78 is 28.3. The van der Waals surface area contributed by atoms with Crippen LogP contribution >= 0.6 is 0 Å². The van der Waals surface area contributed by atoms with E-state index < -0.39 is 15.4 Å². The molecule has 1 N–H and O–H groups in total. The number of hydrogen-bond acceptors (Lipinski definition) is 5. The third-order valence-electron chi connectivity index (χ3n) is 5.25. The Morgan fingerprint density at radius 3 is 2.33 bits per heavy atom. The molecule has 0 atom stereocenters. The predicted octanol–water partition coefficient (Wildman–Crippen LogP) is 2.50. The maximum atomic E-state index is 12.8. The topological polar surface area (TPSA) is 91.3 Å². The number of aliphatic imine (C=N–C) groups is 1. The summed E-state index contributed by atoms with van der Waals surface area (Å²) in [6.07, 6.45) is 5.72. The van der Waals surface area contributed by atoms with Gasteiger partial charge in [0.1, 0.15) is 15.4 Å².